The van der Waals surface area contributed by atoms with Gasteiger partial charge in [-0.05, 0) is 19.2 Å². The second kappa shape index (κ2) is 62.0. The maximum absolute atomic E-state index is 12.7. The fourth-order valence-electron chi connectivity index (χ4n) is 12.2. The zero-order chi connectivity index (χ0) is 97.0. The largest absolute Gasteiger partial charge is 1.00 e. The first-order valence-corrected chi connectivity index (χ1v) is 40.3. The number of hydrogen-bond acceptors (Lipinski definition) is 56. The molecule has 0 radical (unpaired) electrons. The second-order valence-corrected chi connectivity index (χ2v) is 30.3. The molecule has 0 bridgehead atoms. The molecule has 6 saturated heterocycles. The Hall–Kier alpha value is -2.51. The molecule has 8 rings (SSSR count). The molecule has 5 amide bonds. The van der Waals surface area contributed by atoms with Crippen LogP contribution in [0.5, 0.6) is 0 Å². The number of nitrogens with two attached hydrogens (primary N) is 4. The molecule has 62 nitrogen and oxygen atoms in total. The molecule has 0 aromatic carbocycles. The number of carboxylic acid groups (broad SMARTS) is 3. The summed E-state index contributed by atoms with van der Waals surface area (Å²) in [5.74, 6) is -19.5. The van der Waals surface area contributed by atoms with Crippen molar-refractivity contribution in [3.05, 3.63) is 45.5 Å². The molecule has 70 heteroatoms. The number of aromatic nitrogens is 4. The number of aliphatic hydroxyl groups excluding tert-OH is 20. The van der Waals surface area contributed by atoms with Gasteiger partial charge in [0.2, 0.25) is 47.9 Å². The third kappa shape index (κ3) is 37.4. The van der Waals surface area contributed by atoms with E-state index in [4.69, 9.17) is 71.5 Å². The normalized spacial score (nSPS) is 32.5. The maximum atomic E-state index is 12.7. The van der Waals surface area contributed by atoms with Gasteiger partial charge in [0.1, 0.15) is 139 Å². The third-order valence-corrected chi connectivity index (χ3v) is 20.6. The van der Waals surface area contributed by atoms with E-state index in [1.165, 1.54) is 19.2 Å². The van der Waals surface area contributed by atoms with Crippen LogP contribution >= 0.6 is 28.5 Å². The van der Waals surface area contributed by atoms with Crippen LogP contribution in [0.15, 0.2) is 34.1 Å². The number of aliphatic carboxylic acids is 3. The van der Waals surface area contributed by atoms with Crippen molar-refractivity contribution in [1.82, 2.24) is 50.4 Å². The van der Waals surface area contributed by atoms with Crippen LogP contribution in [0.25, 0.3) is 0 Å². The zero-order valence-electron chi connectivity index (χ0n) is 71.5. The fraction of sp³-hybridized carbons (Fsp3) is 0.742. The average molecular weight is 2020 g/mol. The molecule has 33 atom stereocenters. The zero-order valence-corrected chi connectivity index (χ0v) is 84.2. The number of nitrogens with zero attached hydrogens (tertiary/aromatic N) is 4. The number of amides is 5. The number of hydrogen-bond donors (Lipinski definition) is 32. The number of thiol groups is 1. The maximum Gasteiger partial charge on any atom is 1.00 e. The molecular formula is C62H103N14Na5O48P2S. The predicted octanol–water partition coefficient (Wildman–Crippen LogP) is -40.5. The van der Waals surface area contributed by atoms with Crippen molar-refractivity contribution < 1.29 is 374 Å². The molecule has 27 unspecified atom stereocenters. The molecule has 2 aromatic heterocycles. The van der Waals surface area contributed by atoms with Crippen LogP contribution in [0.4, 0.5) is 11.6 Å². The summed E-state index contributed by atoms with van der Waals surface area (Å²) in [6, 6.07) is -3.46. The molecule has 6 aliphatic heterocycles. The molecule has 0 spiro atoms. The topological polar surface area (TPSA) is 1050 Å². The number of ether oxygens (including phenoxy) is 6. The molecule has 6 fully saturated rings. The van der Waals surface area contributed by atoms with Gasteiger partial charge in [-0.2, -0.15) is 9.97 Å². The van der Waals surface area contributed by atoms with Gasteiger partial charge in [0.25, 0.3) is 15.6 Å². The molecule has 0 saturated carbocycles. The van der Waals surface area contributed by atoms with Gasteiger partial charge in [-0.25, -0.2) is 9.59 Å². The van der Waals surface area contributed by atoms with Crippen LogP contribution in [0.3, 0.4) is 0 Å². The van der Waals surface area contributed by atoms with E-state index in [1.807, 2.05) is 23.9 Å². The van der Waals surface area contributed by atoms with Crippen LogP contribution in [0, 0.1) is 0 Å². The van der Waals surface area contributed by atoms with E-state index in [0.29, 0.717) is 6.41 Å². The molecular weight excluding hydrogens is 1920 g/mol. The van der Waals surface area contributed by atoms with E-state index in [1.54, 1.807) is 0 Å². The average Bonchev–Trinajstić information content (AvgIpc) is 1.05. The van der Waals surface area contributed by atoms with E-state index in [9.17, 15) is 169 Å². The summed E-state index contributed by atoms with van der Waals surface area (Å²) in [5.41, 5.74) is 19.3. The molecule has 6 aliphatic rings. The Kier molecular flexibility index (Phi) is 62.8. The van der Waals surface area contributed by atoms with Gasteiger partial charge in [0.15, 0.2) is 18.7 Å². The van der Waals surface area contributed by atoms with Crippen molar-refractivity contribution in [2.75, 3.05) is 77.8 Å². The summed E-state index contributed by atoms with van der Waals surface area (Å²) in [6.45, 7) is -3.27. The van der Waals surface area contributed by atoms with E-state index in [0.717, 1.165) is 21.5 Å². The van der Waals surface area contributed by atoms with Crippen molar-refractivity contribution in [3.63, 3.8) is 0 Å². The number of nitrogen functional groups attached to an aromatic ring is 2. The van der Waals surface area contributed by atoms with Gasteiger partial charge >= 0.3 is 159 Å². The number of carbonyl (C=O) groups excluding carboxylic acids is 8. The summed E-state index contributed by atoms with van der Waals surface area (Å²) in [4.78, 5) is 147. The Morgan fingerprint density at radius 2 is 0.902 bits per heavy atom. The minimum Gasteiger partial charge on any atom is -0.756 e. The Morgan fingerprint density at radius 1 is 0.561 bits per heavy atom. The first-order valence-electron chi connectivity index (χ1n) is 37.0. The Bertz CT molecular complexity index is 4100. The molecule has 0 aliphatic carbocycles. The monoisotopic (exact) mass is 2020 g/mol. The number of phosphoric acid groups is 2. The number of anilines is 2. The summed E-state index contributed by atoms with van der Waals surface area (Å²) in [6.07, 6.45) is -43.1. The molecule has 730 valence electrons. The molecule has 8 heterocycles. The summed E-state index contributed by atoms with van der Waals surface area (Å²) < 4.78 is 77.8. The Labute approximate surface area is 861 Å². The van der Waals surface area contributed by atoms with Crippen molar-refractivity contribution in [1.29, 1.82) is 0 Å². The minimum atomic E-state index is -5.87. The Morgan fingerprint density at radius 3 is 1.21 bits per heavy atom. The molecule has 132 heavy (non-hydrogen) atoms. The SMILES string of the molecule is CC.CNCC(=O)NC1C(O)CC(O)(C(=O)[O-])OC1[C@H](O)[C@H](O)CO.NC1C(O)OC(CO)C(O)C1O.NCC(=O)NC1C(O)CC(OP(=O)([O-])OCC2OC(n3ccc(N)nc3=O)C(O)C2O)(C(=O)[O-])OC1[C@H](O)[C@H](O)CO.Nc1ccn(C2OC(COP(=O)([O-])OC3(C(=O)[O-])CC(O)C(NC(=O)CNC=O)C([C@H](O)[C@H](O)CO)O3)C(O)C2O)c(=O)n1.O=CNS.[Na+].[Na+].[Na+].[Na+].[Na+]. The van der Waals surface area contributed by atoms with Gasteiger partial charge in [0.05, 0.1) is 102 Å². The van der Waals surface area contributed by atoms with E-state index < -0.39 is 323 Å². The van der Waals surface area contributed by atoms with Gasteiger partial charge in [-0.1, -0.05) is 26.7 Å². The van der Waals surface area contributed by atoms with Crippen molar-refractivity contribution in [3.8, 4) is 0 Å². The summed E-state index contributed by atoms with van der Waals surface area (Å²) in [5, 5.41) is 252. The number of likely N-dealkylation sites (N-methyl/N-ethyl adjacent to an activating group) is 1. The number of rotatable bonds is 35. The quantitative estimate of drug-likeness (QED) is 0.0132. The van der Waals surface area contributed by atoms with Crippen LogP contribution in [-0.4, -0.2) is 417 Å². The van der Waals surface area contributed by atoms with Gasteiger partial charge in [0, 0.05) is 31.7 Å². The van der Waals surface area contributed by atoms with E-state index in [2.05, 4.69) is 62.1 Å². The summed E-state index contributed by atoms with van der Waals surface area (Å²) >= 11 is 3.30. The van der Waals surface area contributed by atoms with Crippen LogP contribution in [0.1, 0.15) is 45.6 Å². The van der Waals surface area contributed by atoms with Crippen LogP contribution in [0.2, 0.25) is 0 Å². The Balaban J connectivity index is -0.00000175. The van der Waals surface area contributed by atoms with E-state index >= 15 is 0 Å². The van der Waals surface area contributed by atoms with Crippen molar-refractivity contribution in [2.45, 2.75) is 222 Å². The second-order valence-electron chi connectivity index (χ2n) is 27.3. The first kappa shape index (κ1) is 134. The van der Waals surface area contributed by atoms with Gasteiger partial charge < -0.3 is 238 Å². The number of aliphatic hydroxyl groups is 21. The molecule has 2 aromatic rings. The van der Waals surface area contributed by atoms with Crippen molar-refractivity contribution >= 4 is 88.5 Å². The van der Waals surface area contributed by atoms with Crippen molar-refractivity contribution in [2.24, 2.45) is 11.5 Å². The first-order chi connectivity index (χ1) is 59.2. The molecule has 35 N–H and O–H groups in total. The number of phosphoric ester groups is 2. The van der Waals surface area contributed by atoms with Gasteiger partial charge in [-0.15, -0.1) is 0 Å². The van der Waals surface area contributed by atoms with Crippen LogP contribution in [-0.2, 0) is 94.0 Å². The van der Waals surface area contributed by atoms with E-state index in [-0.39, 0.29) is 172 Å². The third-order valence-electron chi connectivity index (χ3n) is 18.5. The number of carboxylic acids is 3. The minimum absolute atomic E-state index is 0. The smallest absolute Gasteiger partial charge is 0.756 e. The predicted molar refractivity (Wildman–Crippen MR) is 397 cm³/mol. The summed E-state index contributed by atoms with van der Waals surface area (Å²) in [7, 11) is -10.2. The van der Waals surface area contributed by atoms with Gasteiger partial charge in [-0.3, -0.25) is 51.3 Å². The number of nitrogens with one attached hydrogen (secondary N) is 6. The standard InChI is InChI=1S/C21H32N5O17P.C20H32N5O16P.C12H22N2O9.C6H13NO5.C2H6.CH3NOS.5Na/c22-11-1-2-26(20(37)24-11)18-16(34)15(33)10(41-18)6-40-44(38,39)43-21(19(35)36)3-8(29)13(25-12(31)4-23-7-28)17(42-21)14(32)9(30)5-27;21-4-11(29)24-12-7(27)3-20(18(33)34,40-16(12)13(30)8(28)5-26)41-42(36,37)38-6-9-14(31)15(32)17(39-9)25-2-1-10(22)23-19(25)35;1-13-3-7(18)14-8-5(16)2-12(22,11(20)21)23-10(8)9(19)6(17)4-15;7-3-5(10)4(9)2(1-8)12-6(3)11;1-2;3-1-2-4;;;;;/h1-2,7-10,13-18,27,29-30,32-34H,3-6H2,(H,23,28)(H,25,31)(H,35,36)(H,38,39)(H2,22,24,37);1-2,7-9,12-17,26-28,30-32H,3-6,21H2,(H,24,29)(H,33,34)(H,36,37)(H2,22,23,35);5-6,8-10,13,15-17,19,22H,2-4H2,1H3,(H,14,18)(H,20,21);2-6,8-11H,1,7H2;1-2H3;1,4H,(H,2,3);;;;;/q;;;;;;5*+1/p-5/t8?,9-,10?,13?,14-,15?,16?,17?,18?,21?;7?,8-,9?,12?,13-,14?,15?,16?,17?,20?;5?,6-,8?,9-,10?,12?;;;;;;;;/m111......../s1. The van der Waals surface area contributed by atoms with Crippen LogP contribution < -0.4 is 239 Å². The number of carbonyl (C=O) groups is 8. The fourth-order valence-corrected chi connectivity index (χ4v) is 14.0.